The Morgan fingerprint density at radius 3 is 1.86 bits per heavy atom. The first-order valence-electron chi connectivity index (χ1n) is 4.87. The van der Waals surface area contributed by atoms with Crippen molar-refractivity contribution in [1.82, 2.24) is 0 Å². The van der Waals surface area contributed by atoms with Crippen LogP contribution < -0.4 is 0 Å². The molecule has 14 heavy (non-hydrogen) atoms. The molecule has 0 fully saturated rings. The van der Waals surface area contributed by atoms with Gasteiger partial charge in [0.05, 0.1) is 12.7 Å². The smallest absolute Gasteiger partial charge is 0.110 e. The predicted octanol–water partition coefficient (Wildman–Crippen LogP) is -1.39. The van der Waals surface area contributed by atoms with Gasteiger partial charge >= 0.3 is 0 Å². The van der Waals surface area contributed by atoms with Crippen LogP contribution in [0.3, 0.4) is 0 Å². The minimum atomic E-state index is -1.51. The van der Waals surface area contributed by atoms with Crippen LogP contribution in [0.5, 0.6) is 0 Å². The molecule has 0 saturated heterocycles. The molecule has 0 aromatic heterocycles. The van der Waals surface area contributed by atoms with E-state index in [4.69, 9.17) is 10.2 Å². The van der Waals surface area contributed by atoms with E-state index in [-0.39, 0.29) is 0 Å². The van der Waals surface area contributed by atoms with Gasteiger partial charge in [0.1, 0.15) is 18.3 Å². The van der Waals surface area contributed by atoms with Crippen LogP contribution in [0.25, 0.3) is 0 Å². The van der Waals surface area contributed by atoms with Crippen molar-refractivity contribution in [3.05, 3.63) is 0 Å². The van der Waals surface area contributed by atoms with E-state index >= 15 is 0 Å². The Balaban J connectivity index is 3.95. The number of unbranched alkanes of at least 4 members (excludes halogenated alkanes) is 1. The average Bonchev–Trinajstić information content (AvgIpc) is 2.22. The second-order valence-electron chi connectivity index (χ2n) is 3.44. The molecule has 0 aromatic rings. The highest BCUT2D eigenvalue weighted by molar-refractivity contribution is 4.80. The fourth-order valence-corrected chi connectivity index (χ4v) is 1.15. The van der Waals surface area contributed by atoms with Crippen molar-refractivity contribution in [2.75, 3.05) is 6.61 Å². The van der Waals surface area contributed by atoms with Gasteiger partial charge in [-0.15, -0.1) is 0 Å². The molecule has 0 amide bonds. The summed E-state index contributed by atoms with van der Waals surface area (Å²) < 4.78 is 0. The van der Waals surface area contributed by atoms with E-state index in [2.05, 4.69) is 0 Å². The van der Waals surface area contributed by atoms with Crippen molar-refractivity contribution >= 4 is 0 Å². The van der Waals surface area contributed by atoms with Crippen molar-refractivity contribution in [3.8, 4) is 0 Å². The topological polar surface area (TPSA) is 101 Å². The van der Waals surface area contributed by atoms with Gasteiger partial charge in [-0.3, -0.25) is 0 Å². The minimum Gasteiger partial charge on any atom is -0.394 e. The Morgan fingerprint density at radius 1 is 0.929 bits per heavy atom. The first-order chi connectivity index (χ1) is 6.54. The Labute approximate surface area is 83.6 Å². The lowest BCUT2D eigenvalue weighted by atomic mass is 9.99. The number of aliphatic hydroxyl groups excluding tert-OH is 5. The zero-order valence-corrected chi connectivity index (χ0v) is 8.37. The maximum Gasteiger partial charge on any atom is 0.110 e. The first kappa shape index (κ1) is 13.8. The van der Waals surface area contributed by atoms with Crippen LogP contribution in [0.15, 0.2) is 0 Å². The molecule has 0 radical (unpaired) electrons. The summed E-state index contributed by atoms with van der Waals surface area (Å²) in [7, 11) is 0. The largest absolute Gasteiger partial charge is 0.394 e. The Bertz CT molecular complexity index is 141. The quantitative estimate of drug-likeness (QED) is 0.355. The molecule has 0 spiro atoms. The van der Waals surface area contributed by atoms with E-state index in [1.54, 1.807) is 0 Å². The lowest BCUT2D eigenvalue weighted by Crippen LogP contribution is -2.45. The Hall–Kier alpha value is -0.200. The first-order valence-corrected chi connectivity index (χ1v) is 4.87. The van der Waals surface area contributed by atoms with Crippen molar-refractivity contribution in [1.29, 1.82) is 0 Å². The maximum absolute atomic E-state index is 9.36. The molecular weight excluding hydrogens is 188 g/mol. The second kappa shape index (κ2) is 7.14. The molecule has 4 unspecified atom stereocenters. The van der Waals surface area contributed by atoms with Crippen LogP contribution in [-0.2, 0) is 0 Å². The van der Waals surface area contributed by atoms with Crippen molar-refractivity contribution in [2.24, 2.45) is 0 Å². The molecule has 5 N–H and O–H groups in total. The molecule has 0 saturated carbocycles. The van der Waals surface area contributed by atoms with Gasteiger partial charge < -0.3 is 25.5 Å². The van der Waals surface area contributed by atoms with Crippen LogP contribution in [-0.4, -0.2) is 56.6 Å². The van der Waals surface area contributed by atoms with Crippen LogP contribution in [0.4, 0.5) is 0 Å². The van der Waals surface area contributed by atoms with Gasteiger partial charge in [0.2, 0.25) is 0 Å². The van der Waals surface area contributed by atoms with Gasteiger partial charge in [-0.05, 0) is 6.42 Å². The van der Waals surface area contributed by atoms with E-state index < -0.39 is 31.0 Å². The third kappa shape index (κ3) is 4.34. The van der Waals surface area contributed by atoms with Crippen LogP contribution in [0.2, 0.25) is 0 Å². The fraction of sp³-hybridized carbons (Fsp3) is 1.00. The van der Waals surface area contributed by atoms with Crippen LogP contribution >= 0.6 is 0 Å². The summed E-state index contributed by atoms with van der Waals surface area (Å²) >= 11 is 0. The molecule has 5 heteroatoms. The van der Waals surface area contributed by atoms with Gasteiger partial charge in [0.25, 0.3) is 0 Å². The highest BCUT2D eigenvalue weighted by Crippen LogP contribution is 2.10. The SMILES string of the molecule is CCCCC(O)C(O)C(O)C(O)CO. The van der Waals surface area contributed by atoms with Gasteiger partial charge in [0, 0.05) is 0 Å². The zero-order chi connectivity index (χ0) is 11.1. The minimum absolute atomic E-state index is 0.368. The lowest BCUT2D eigenvalue weighted by molar-refractivity contribution is -0.116. The average molecular weight is 208 g/mol. The molecule has 0 aromatic carbocycles. The van der Waals surface area contributed by atoms with E-state index in [1.165, 1.54) is 0 Å². The zero-order valence-electron chi connectivity index (χ0n) is 8.37. The van der Waals surface area contributed by atoms with Gasteiger partial charge in [-0.25, -0.2) is 0 Å². The molecule has 0 heterocycles. The van der Waals surface area contributed by atoms with E-state index in [9.17, 15) is 15.3 Å². The summed E-state index contributed by atoms with van der Waals surface area (Å²) in [5.74, 6) is 0. The van der Waals surface area contributed by atoms with Crippen molar-refractivity contribution in [3.63, 3.8) is 0 Å². The van der Waals surface area contributed by atoms with Crippen LogP contribution in [0.1, 0.15) is 26.2 Å². The van der Waals surface area contributed by atoms with E-state index in [0.717, 1.165) is 12.8 Å². The molecular formula is C9H20O5. The standard InChI is InChI=1S/C9H20O5/c1-2-3-4-6(11)8(13)9(14)7(12)5-10/h6-14H,2-5H2,1H3. The number of hydrogen-bond acceptors (Lipinski definition) is 5. The van der Waals surface area contributed by atoms with E-state index in [0.29, 0.717) is 6.42 Å². The fourth-order valence-electron chi connectivity index (χ4n) is 1.15. The summed E-state index contributed by atoms with van der Waals surface area (Å²) in [5.41, 5.74) is 0. The highest BCUT2D eigenvalue weighted by atomic mass is 16.4. The Kier molecular flexibility index (Phi) is 7.04. The number of hydrogen-bond donors (Lipinski definition) is 5. The van der Waals surface area contributed by atoms with Gasteiger partial charge in [-0.2, -0.15) is 0 Å². The molecule has 0 aliphatic heterocycles. The maximum atomic E-state index is 9.36. The number of rotatable bonds is 7. The third-order valence-corrected chi connectivity index (χ3v) is 2.18. The molecule has 0 bridgehead atoms. The molecule has 4 atom stereocenters. The molecule has 0 rings (SSSR count). The molecule has 0 aliphatic carbocycles. The van der Waals surface area contributed by atoms with E-state index in [1.807, 2.05) is 6.92 Å². The highest BCUT2D eigenvalue weighted by Gasteiger charge is 2.29. The van der Waals surface area contributed by atoms with Crippen LogP contribution in [0, 0.1) is 0 Å². The van der Waals surface area contributed by atoms with Gasteiger partial charge in [0.15, 0.2) is 0 Å². The monoisotopic (exact) mass is 208 g/mol. The summed E-state index contributed by atoms with van der Waals surface area (Å²) in [5, 5.41) is 45.4. The predicted molar refractivity (Wildman–Crippen MR) is 50.6 cm³/mol. The molecule has 86 valence electrons. The normalized spacial score (nSPS) is 20.1. The summed E-state index contributed by atoms with van der Waals surface area (Å²) in [4.78, 5) is 0. The molecule has 5 nitrogen and oxygen atoms in total. The van der Waals surface area contributed by atoms with Gasteiger partial charge in [-0.1, -0.05) is 19.8 Å². The number of aliphatic hydroxyl groups is 5. The summed E-state index contributed by atoms with van der Waals surface area (Å²) in [6, 6.07) is 0. The summed E-state index contributed by atoms with van der Waals surface area (Å²) in [6.07, 6.45) is -3.42. The third-order valence-electron chi connectivity index (χ3n) is 2.18. The van der Waals surface area contributed by atoms with Crippen molar-refractivity contribution < 1.29 is 25.5 Å². The second-order valence-corrected chi connectivity index (χ2v) is 3.44. The summed E-state index contributed by atoms with van der Waals surface area (Å²) in [6.45, 7) is 1.30. The van der Waals surface area contributed by atoms with Crippen molar-refractivity contribution in [2.45, 2.75) is 50.6 Å². The molecule has 0 aliphatic rings. The Morgan fingerprint density at radius 2 is 1.43 bits per heavy atom. The lowest BCUT2D eigenvalue weighted by Gasteiger charge is -2.25.